The van der Waals surface area contributed by atoms with E-state index in [1.54, 1.807) is 12.1 Å². The summed E-state index contributed by atoms with van der Waals surface area (Å²) >= 11 is 5.75. The van der Waals surface area contributed by atoms with Gasteiger partial charge in [-0.2, -0.15) is 5.10 Å². The molecule has 108 valence electrons. The number of hydrogen-bond donors (Lipinski definition) is 1. The minimum atomic E-state index is -0.343. The Morgan fingerprint density at radius 2 is 2.10 bits per heavy atom. The third kappa shape index (κ3) is 3.02. The average Bonchev–Trinajstić information content (AvgIpc) is 2.61. The Morgan fingerprint density at radius 3 is 2.65 bits per heavy atom. The second-order valence-electron chi connectivity index (χ2n) is 5.08. The maximum Gasteiger partial charge on any atom is 0.129 e. The fraction of sp³-hybridized carbons (Fsp3) is 0.400. The molecular weight excluding hydrogens is 277 g/mol. The molecule has 20 heavy (non-hydrogen) atoms. The van der Waals surface area contributed by atoms with Crippen molar-refractivity contribution in [3.8, 4) is 0 Å². The molecular formula is C15H19ClFN3. The summed E-state index contributed by atoms with van der Waals surface area (Å²) in [4.78, 5) is 0. The van der Waals surface area contributed by atoms with Gasteiger partial charge in [0, 0.05) is 29.4 Å². The number of hydrogen-bond acceptors (Lipinski definition) is 2. The molecule has 1 atom stereocenters. The van der Waals surface area contributed by atoms with Gasteiger partial charge in [-0.25, -0.2) is 4.39 Å². The maximum atomic E-state index is 13.8. The van der Waals surface area contributed by atoms with Crippen molar-refractivity contribution in [1.29, 1.82) is 0 Å². The van der Waals surface area contributed by atoms with Crippen LogP contribution in [-0.4, -0.2) is 9.78 Å². The largest absolute Gasteiger partial charge is 0.324 e. The number of nitrogens with zero attached hydrogens (tertiary/aromatic N) is 2. The smallest absolute Gasteiger partial charge is 0.129 e. The van der Waals surface area contributed by atoms with Gasteiger partial charge in [0.15, 0.2) is 0 Å². The first-order valence-electron chi connectivity index (χ1n) is 6.59. The molecule has 0 amide bonds. The fourth-order valence-electron chi connectivity index (χ4n) is 2.44. The van der Waals surface area contributed by atoms with Gasteiger partial charge >= 0.3 is 0 Å². The lowest BCUT2D eigenvalue weighted by molar-refractivity contribution is 0.563. The molecule has 0 fully saturated rings. The topological polar surface area (TPSA) is 43.8 Å². The Morgan fingerprint density at radius 1 is 1.40 bits per heavy atom. The van der Waals surface area contributed by atoms with Gasteiger partial charge in [-0.05, 0) is 44.4 Å². The third-order valence-corrected chi connectivity index (χ3v) is 3.96. The number of aryl methyl sites for hydroxylation is 2. The van der Waals surface area contributed by atoms with Gasteiger partial charge in [-0.15, -0.1) is 0 Å². The molecule has 0 aliphatic carbocycles. The SMILES string of the molecule is Cc1nn(C)c(C)c1CCC(N)c1ccc(Cl)cc1F. The molecule has 5 heteroatoms. The van der Waals surface area contributed by atoms with Crippen LogP contribution in [0.1, 0.15) is 35.0 Å². The highest BCUT2D eigenvalue weighted by molar-refractivity contribution is 6.30. The predicted molar refractivity (Wildman–Crippen MR) is 79.3 cm³/mol. The van der Waals surface area contributed by atoms with E-state index in [1.807, 2.05) is 25.6 Å². The van der Waals surface area contributed by atoms with Crippen molar-refractivity contribution >= 4 is 11.6 Å². The number of nitrogens with two attached hydrogens (primary N) is 1. The van der Waals surface area contributed by atoms with Crippen molar-refractivity contribution in [1.82, 2.24) is 9.78 Å². The molecule has 2 aromatic rings. The summed E-state index contributed by atoms with van der Waals surface area (Å²) in [6.07, 6.45) is 1.46. The quantitative estimate of drug-likeness (QED) is 0.939. The Balaban J connectivity index is 2.10. The van der Waals surface area contributed by atoms with Gasteiger partial charge in [-0.1, -0.05) is 17.7 Å². The zero-order valence-corrected chi connectivity index (χ0v) is 12.7. The molecule has 2 rings (SSSR count). The summed E-state index contributed by atoms with van der Waals surface area (Å²) < 4.78 is 15.7. The van der Waals surface area contributed by atoms with Crippen molar-refractivity contribution in [2.45, 2.75) is 32.7 Å². The normalized spacial score (nSPS) is 12.7. The van der Waals surface area contributed by atoms with Gasteiger partial charge in [0.1, 0.15) is 5.82 Å². The predicted octanol–water partition coefficient (Wildman–Crippen LogP) is 3.46. The number of halogens is 2. The monoisotopic (exact) mass is 295 g/mol. The van der Waals surface area contributed by atoms with Crippen LogP contribution in [0.4, 0.5) is 4.39 Å². The van der Waals surface area contributed by atoms with Crippen molar-refractivity contribution < 1.29 is 4.39 Å². The second-order valence-corrected chi connectivity index (χ2v) is 5.52. The molecule has 0 bridgehead atoms. The van der Waals surface area contributed by atoms with Crippen LogP contribution >= 0.6 is 11.6 Å². The molecule has 2 N–H and O–H groups in total. The Hall–Kier alpha value is -1.39. The Labute approximate surface area is 123 Å². The maximum absolute atomic E-state index is 13.8. The molecule has 0 radical (unpaired) electrons. The van der Waals surface area contributed by atoms with Crippen LogP contribution in [0.25, 0.3) is 0 Å². The minimum Gasteiger partial charge on any atom is -0.324 e. The second kappa shape index (κ2) is 5.94. The molecule has 1 unspecified atom stereocenters. The van der Waals surface area contributed by atoms with E-state index in [-0.39, 0.29) is 11.9 Å². The van der Waals surface area contributed by atoms with E-state index in [4.69, 9.17) is 17.3 Å². The lowest BCUT2D eigenvalue weighted by atomic mass is 9.98. The van der Waals surface area contributed by atoms with Crippen LogP contribution in [0, 0.1) is 19.7 Å². The van der Waals surface area contributed by atoms with E-state index in [9.17, 15) is 4.39 Å². The first kappa shape index (κ1) is 15.0. The average molecular weight is 296 g/mol. The number of benzene rings is 1. The lowest BCUT2D eigenvalue weighted by Crippen LogP contribution is -2.13. The minimum absolute atomic E-state index is 0.341. The van der Waals surface area contributed by atoms with Crippen LogP contribution in [-0.2, 0) is 13.5 Å². The molecule has 0 aliphatic rings. The first-order valence-corrected chi connectivity index (χ1v) is 6.97. The van der Waals surface area contributed by atoms with Crippen LogP contribution in [0.2, 0.25) is 5.02 Å². The van der Waals surface area contributed by atoms with Gasteiger partial charge in [-0.3, -0.25) is 4.68 Å². The van der Waals surface area contributed by atoms with Crippen molar-refractivity contribution in [2.24, 2.45) is 12.8 Å². The Kier molecular flexibility index (Phi) is 4.45. The lowest BCUT2D eigenvalue weighted by Gasteiger charge is -2.13. The highest BCUT2D eigenvalue weighted by Crippen LogP contribution is 2.24. The number of rotatable bonds is 4. The van der Waals surface area contributed by atoms with E-state index >= 15 is 0 Å². The Bertz CT molecular complexity index is 622. The van der Waals surface area contributed by atoms with Gasteiger partial charge in [0.25, 0.3) is 0 Å². The van der Waals surface area contributed by atoms with E-state index in [0.717, 1.165) is 17.8 Å². The summed E-state index contributed by atoms with van der Waals surface area (Å²) in [6.45, 7) is 4.01. The van der Waals surface area contributed by atoms with Crippen molar-refractivity contribution in [3.63, 3.8) is 0 Å². The molecule has 3 nitrogen and oxygen atoms in total. The summed E-state index contributed by atoms with van der Waals surface area (Å²) in [5.74, 6) is -0.343. The van der Waals surface area contributed by atoms with Gasteiger partial charge in [0.2, 0.25) is 0 Å². The standard InChI is InChI=1S/C15H19ClFN3/c1-9-12(10(2)20(3)19-9)6-7-15(18)13-5-4-11(16)8-14(13)17/h4-5,8,15H,6-7,18H2,1-3H3. The molecule has 1 aromatic heterocycles. The van der Waals surface area contributed by atoms with E-state index < -0.39 is 0 Å². The zero-order valence-electron chi connectivity index (χ0n) is 12.0. The number of aromatic nitrogens is 2. The summed E-state index contributed by atoms with van der Waals surface area (Å²) in [6, 6.07) is 4.29. The zero-order chi connectivity index (χ0) is 14.9. The molecule has 0 saturated carbocycles. The van der Waals surface area contributed by atoms with Crippen LogP contribution < -0.4 is 5.73 Å². The van der Waals surface area contributed by atoms with Crippen LogP contribution in [0.15, 0.2) is 18.2 Å². The van der Waals surface area contributed by atoms with Crippen LogP contribution in [0.5, 0.6) is 0 Å². The summed E-state index contributed by atoms with van der Waals surface area (Å²) in [7, 11) is 1.92. The third-order valence-electron chi connectivity index (χ3n) is 3.73. The van der Waals surface area contributed by atoms with E-state index in [2.05, 4.69) is 5.10 Å². The summed E-state index contributed by atoms with van der Waals surface area (Å²) in [5, 5.41) is 4.76. The van der Waals surface area contributed by atoms with Crippen molar-refractivity contribution in [2.75, 3.05) is 0 Å². The first-order chi connectivity index (χ1) is 9.40. The van der Waals surface area contributed by atoms with Crippen LogP contribution in [0.3, 0.4) is 0 Å². The molecule has 1 heterocycles. The van der Waals surface area contributed by atoms with Gasteiger partial charge in [0.05, 0.1) is 5.69 Å². The highest BCUT2D eigenvalue weighted by Gasteiger charge is 2.15. The molecule has 0 spiro atoms. The van der Waals surface area contributed by atoms with Crippen molar-refractivity contribution in [3.05, 3.63) is 51.6 Å². The van der Waals surface area contributed by atoms with E-state index in [1.165, 1.54) is 11.6 Å². The molecule has 0 aliphatic heterocycles. The summed E-state index contributed by atoms with van der Waals surface area (Å²) in [5.41, 5.74) is 9.93. The van der Waals surface area contributed by atoms with E-state index in [0.29, 0.717) is 17.0 Å². The molecule has 1 aromatic carbocycles. The fourth-order valence-corrected chi connectivity index (χ4v) is 2.60. The highest BCUT2D eigenvalue weighted by atomic mass is 35.5. The molecule has 0 saturated heterocycles. The van der Waals surface area contributed by atoms with Gasteiger partial charge < -0.3 is 5.73 Å².